The lowest BCUT2D eigenvalue weighted by Gasteiger charge is -2.01. The topological polar surface area (TPSA) is 52.3 Å². The number of rotatable bonds is 6. The first-order valence-corrected chi connectivity index (χ1v) is 5.91. The van der Waals surface area contributed by atoms with E-state index in [9.17, 15) is 4.79 Å². The molecule has 1 aromatic heterocycles. The normalized spacial score (nSPS) is 10.3. The first kappa shape index (κ1) is 12.1. The molecule has 1 aromatic rings. The molecule has 0 aliphatic carbocycles. The molecule has 0 unspecified atom stereocenters. The standard InChI is InChI=1S/C10H15NO3S/c1-3-4-5-13-9(12)7-15-10-11-8(2)6-14-10/h6H,3-5,7H2,1-2H3. The van der Waals surface area contributed by atoms with E-state index in [1.165, 1.54) is 11.8 Å². The van der Waals surface area contributed by atoms with Crippen molar-refractivity contribution in [1.29, 1.82) is 0 Å². The van der Waals surface area contributed by atoms with Crippen molar-refractivity contribution in [3.05, 3.63) is 12.0 Å². The Morgan fingerprint density at radius 2 is 2.47 bits per heavy atom. The Kier molecular flexibility index (Phi) is 5.25. The summed E-state index contributed by atoms with van der Waals surface area (Å²) in [6.45, 7) is 4.39. The molecule has 5 heteroatoms. The molecule has 15 heavy (non-hydrogen) atoms. The van der Waals surface area contributed by atoms with Crippen LogP contribution in [0.15, 0.2) is 15.9 Å². The molecule has 4 nitrogen and oxygen atoms in total. The van der Waals surface area contributed by atoms with E-state index in [2.05, 4.69) is 11.9 Å². The number of carbonyl (C=O) groups excluding carboxylic acids is 1. The average Bonchev–Trinajstić information content (AvgIpc) is 2.62. The molecule has 0 spiro atoms. The fourth-order valence-corrected chi connectivity index (χ4v) is 1.54. The first-order chi connectivity index (χ1) is 7.22. The summed E-state index contributed by atoms with van der Waals surface area (Å²) in [4.78, 5) is 15.3. The van der Waals surface area contributed by atoms with Gasteiger partial charge in [-0.25, -0.2) is 4.98 Å². The zero-order chi connectivity index (χ0) is 11.1. The van der Waals surface area contributed by atoms with Crippen LogP contribution in [0.25, 0.3) is 0 Å². The van der Waals surface area contributed by atoms with Crippen molar-refractivity contribution in [2.45, 2.75) is 31.9 Å². The monoisotopic (exact) mass is 229 g/mol. The number of aryl methyl sites for hydroxylation is 1. The third-order valence-corrected chi connectivity index (χ3v) is 2.49. The van der Waals surface area contributed by atoms with Crippen molar-refractivity contribution < 1.29 is 13.9 Å². The number of thioether (sulfide) groups is 1. The number of nitrogens with zero attached hydrogens (tertiary/aromatic N) is 1. The number of carbonyl (C=O) groups is 1. The molecule has 0 bridgehead atoms. The maximum atomic E-state index is 11.2. The quantitative estimate of drug-likeness (QED) is 0.426. The number of unbranched alkanes of at least 4 members (excludes halogenated alkanes) is 1. The molecular weight excluding hydrogens is 214 g/mol. The lowest BCUT2D eigenvalue weighted by atomic mass is 10.4. The molecule has 1 rings (SSSR count). The van der Waals surface area contributed by atoms with E-state index in [1.807, 2.05) is 6.92 Å². The van der Waals surface area contributed by atoms with Gasteiger partial charge in [-0.2, -0.15) is 0 Å². The van der Waals surface area contributed by atoms with Gasteiger partial charge in [0.1, 0.15) is 12.0 Å². The van der Waals surface area contributed by atoms with Gasteiger partial charge in [-0.15, -0.1) is 0 Å². The molecule has 0 aromatic carbocycles. The third-order valence-electron chi connectivity index (χ3n) is 1.67. The average molecular weight is 229 g/mol. The Morgan fingerprint density at radius 1 is 1.67 bits per heavy atom. The first-order valence-electron chi connectivity index (χ1n) is 4.93. The molecule has 0 N–H and O–H groups in total. The molecule has 0 aliphatic rings. The van der Waals surface area contributed by atoms with Crippen molar-refractivity contribution in [1.82, 2.24) is 4.98 Å². The number of oxazole rings is 1. The van der Waals surface area contributed by atoms with Gasteiger partial charge in [0, 0.05) is 0 Å². The summed E-state index contributed by atoms with van der Waals surface area (Å²) < 4.78 is 10.1. The van der Waals surface area contributed by atoms with Gasteiger partial charge in [0.05, 0.1) is 12.3 Å². The van der Waals surface area contributed by atoms with E-state index in [4.69, 9.17) is 9.15 Å². The Hall–Kier alpha value is -0.970. The summed E-state index contributed by atoms with van der Waals surface area (Å²) in [6.07, 6.45) is 3.50. The van der Waals surface area contributed by atoms with Gasteiger partial charge in [0.25, 0.3) is 5.22 Å². The summed E-state index contributed by atoms with van der Waals surface area (Å²) in [5.74, 6) is 0.0354. The Morgan fingerprint density at radius 3 is 3.07 bits per heavy atom. The van der Waals surface area contributed by atoms with Crippen LogP contribution >= 0.6 is 11.8 Å². The summed E-state index contributed by atoms with van der Waals surface area (Å²) in [6, 6.07) is 0. The summed E-state index contributed by atoms with van der Waals surface area (Å²) in [5, 5.41) is 0.514. The number of hydrogen-bond acceptors (Lipinski definition) is 5. The van der Waals surface area contributed by atoms with Crippen molar-refractivity contribution in [3.8, 4) is 0 Å². The molecule has 0 atom stereocenters. The predicted octanol–water partition coefficient (Wildman–Crippen LogP) is 2.42. The van der Waals surface area contributed by atoms with Crippen molar-refractivity contribution in [2.24, 2.45) is 0 Å². The maximum absolute atomic E-state index is 11.2. The molecule has 0 saturated heterocycles. The van der Waals surface area contributed by atoms with Gasteiger partial charge >= 0.3 is 5.97 Å². The van der Waals surface area contributed by atoms with Crippen LogP contribution in [-0.2, 0) is 9.53 Å². The van der Waals surface area contributed by atoms with Crippen LogP contribution in [0.1, 0.15) is 25.5 Å². The Balaban J connectivity index is 2.16. The zero-order valence-corrected chi connectivity index (χ0v) is 9.80. The molecule has 84 valence electrons. The molecule has 0 aliphatic heterocycles. The van der Waals surface area contributed by atoms with E-state index in [0.29, 0.717) is 11.8 Å². The second-order valence-corrected chi connectivity index (χ2v) is 4.04. The fraction of sp³-hybridized carbons (Fsp3) is 0.600. The van der Waals surface area contributed by atoms with Crippen LogP contribution in [0.2, 0.25) is 0 Å². The fourth-order valence-electron chi connectivity index (χ4n) is 0.891. The van der Waals surface area contributed by atoms with E-state index in [1.54, 1.807) is 6.26 Å². The molecule has 0 radical (unpaired) electrons. The summed E-state index contributed by atoms with van der Waals surface area (Å²) in [5.41, 5.74) is 0.817. The van der Waals surface area contributed by atoms with E-state index >= 15 is 0 Å². The molecule has 1 heterocycles. The minimum atomic E-state index is -0.218. The van der Waals surface area contributed by atoms with Gasteiger partial charge in [-0.3, -0.25) is 4.79 Å². The highest BCUT2D eigenvalue weighted by Gasteiger charge is 2.07. The van der Waals surface area contributed by atoms with Crippen LogP contribution < -0.4 is 0 Å². The number of esters is 1. The van der Waals surface area contributed by atoms with Gasteiger partial charge in [0.2, 0.25) is 0 Å². The van der Waals surface area contributed by atoms with Gasteiger partial charge in [-0.1, -0.05) is 25.1 Å². The maximum Gasteiger partial charge on any atom is 0.316 e. The van der Waals surface area contributed by atoms with Gasteiger partial charge in [-0.05, 0) is 13.3 Å². The molecule has 0 amide bonds. The van der Waals surface area contributed by atoms with Crippen molar-refractivity contribution in [3.63, 3.8) is 0 Å². The lowest BCUT2D eigenvalue weighted by Crippen LogP contribution is -2.08. The third kappa shape index (κ3) is 4.88. The molecular formula is C10H15NO3S. The lowest BCUT2D eigenvalue weighted by molar-refractivity contribution is -0.140. The highest BCUT2D eigenvalue weighted by atomic mass is 32.2. The number of ether oxygens (including phenoxy) is 1. The van der Waals surface area contributed by atoms with E-state index in [-0.39, 0.29) is 11.7 Å². The zero-order valence-electron chi connectivity index (χ0n) is 8.99. The number of hydrogen-bond donors (Lipinski definition) is 0. The highest BCUT2D eigenvalue weighted by Crippen LogP contribution is 2.16. The molecule has 0 fully saturated rings. The van der Waals surface area contributed by atoms with Crippen LogP contribution in [0.3, 0.4) is 0 Å². The van der Waals surface area contributed by atoms with E-state index < -0.39 is 0 Å². The van der Waals surface area contributed by atoms with Crippen LogP contribution in [0, 0.1) is 6.92 Å². The predicted molar refractivity (Wildman–Crippen MR) is 57.8 cm³/mol. The largest absolute Gasteiger partial charge is 0.465 e. The summed E-state index contributed by atoms with van der Waals surface area (Å²) in [7, 11) is 0. The van der Waals surface area contributed by atoms with Crippen molar-refractivity contribution >= 4 is 17.7 Å². The minimum Gasteiger partial charge on any atom is -0.465 e. The van der Waals surface area contributed by atoms with Gasteiger partial charge in [0.15, 0.2) is 0 Å². The molecule has 0 saturated carbocycles. The minimum absolute atomic E-state index is 0.218. The van der Waals surface area contributed by atoms with Crippen LogP contribution in [0.4, 0.5) is 0 Å². The Labute approximate surface area is 93.4 Å². The van der Waals surface area contributed by atoms with Gasteiger partial charge < -0.3 is 9.15 Å². The number of aromatic nitrogens is 1. The highest BCUT2D eigenvalue weighted by molar-refractivity contribution is 7.99. The van der Waals surface area contributed by atoms with Crippen LogP contribution in [0.5, 0.6) is 0 Å². The Bertz CT molecular complexity index is 311. The summed E-state index contributed by atoms with van der Waals surface area (Å²) >= 11 is 1.26. The van der Waals surface area contributed by atoms with Crippen molar-refractivity contribution in [2.75, 3.05) is 12.4 Å². The van der Waals surface area contributed by atoms with Crippen LogP contribution in [-0.4, -0.2) is 23.3 Å². The van der Waals surface area contributed by atoms with E-state index in [0.717, 1.165) is 18.5 Å². The second-order valence-electron chi connectivity index (χ2n) is 3.12. The second kappa shape index (κ2) is 6.50. The SMILES string of the molecule is CCCCOC(=O)CSc1nc(C)co1. The smallest absolute Gasteiger partial charge is 0.316 e.